The van der Waals surface area contributed by atoms with E-state index >= 15 is 0 Å². The Morgan fingerprint density at radius 3 is 3.25 bits per heavy atom. The minimum atomic E-state index is 0.403. The first-order valence-electron chi connectivity index (χ1n) is 5.38. The zero-order valence-electron chi connectivity index (χ0n) is 9.03. The van der Waals surface area contributed by atoms with Gasteiger partial charge in [-0.15, -0.1) is 0 Å². The molecule has 3 heterocycles. The van der Waals surface area contributed by atoms with Gasteiger partial charge >= 0.3 is 0 Å². The van der Waals surface area contributed by atoms with Crippen LogP contribution in [0.5, 0.6) is 0 Å². The molecule has 0 spiro atoms. The molecule has 3 rings (SSSR count). The molecule has 6 heteroatoms. The third-order valence-corrected chi connectivity index (χ3v) is 2.77. The predicted octanol–water partition coefficient (Wildman–Crippen LogP) is 0.700. The maximum absolute atomic E-state index is 5.19. The molecule has 84 valence electrons. The highest BCUT2D eigenvalue weighted by atomic mass is 16.3. The number of hydrogen-bond acceptors (Lipinski definition) is 6. The van der Waals surface area contributed by atoms with Crippen molar-refractivity contribution in [2.24, 2.45) is 0 Å². The Morgan fingerprint density at radius 1 is 1.50 bits per heavy atom. The first-order valence-corrected chi connectivity index (χ1v) is 5.38. The second-order valence-corrected chi connectivity index (χ2v) is 3.97. The van der Waals surface area contributed by atoms with Crippen LogP contribution in [0.4, 0.5) is 5.95 Å². The van der Waals surface area contributed by atoms with Crippen molar-refractivity contribution in [3.8, 4) is 0 Å². The number of nitrogens with zero attached hydrogens (tertiary/aromatic N) is 3. The molecule has 0 saturated carbocycles. The SMILES string of the molecule is Cc1nc(NC2CCNC2)nc2ocnc12. The molecule has 0 aliphatic carbocycles. The van der Waals surface area contributed by atoms with Crippen LogP contribution < -0.4 is 10.6 Å². The fourth-order valence-electron chi connectivity index (χ4n) is 1.93. The minimum absolute atomic E-state index is 0.403. The molecule has 1 saturated heterocycles. The number of aromatic nitrogens is 3. The van der Waals surface area contributed by atoms with E-state index in [1.165, 1.54) is 6.39 Å². The van der Waals surface area contributed by atoms with Gasteiger partial charge in [-0.3, -0.25) is 0 Å². The summed E-state index contributed by atoms with van der Waals surface area (Å²) in [5.41, 5.74) is 2.11. The van der Waals surface area contributed by atoms with Crippen LogP contribution in [0.2, 0.25) is 0 Å². The lowest BCUT2D eigenvalue weighted by molar-refractivity contribution is 0.590. The number of oxazole rings is 1. The first-order chi connectivity index (χ1) is 7.83. The van der Waals surface area contributed by atoms with E-state index in [1.54, 1.807) is 0 Å². The van der Waals surface area contributed by atoms with E-state index in [2.05, 4.69) is 25.6 Å². The smallest absolute Gasteiger partial charge is 0.251 e. The molecular formula is C10H13N5O. The van der Waals surface area contributed by atoms with E-state index in [4.69, 9.17) is 4.42 Å². The predicted molar refractivity (Wildman–Crippen MR) is 59.2 cm³/mol. The van der Waals surface area contributed by atoms with E-state index in [0.717, 1.165) is 30.7 Å². The molecule has 6 nitrogen and oxygen atoms in total. The average Bonchev–Trinajstić information content (AvgIpc) is 2.87. The molecule has 0 bridgehead atoms. The standard InChI is InChI=1S/C10H13N5O/c1-6-8-9(16-5-12-8)15-10(13-6)14-7-2-3-11-4-7/h5,7,11H,2-4H2,1H3,(H,13,14,15). The Morgan fingerprint density at radius 2 is 2.44 bits per heavy atom. The quantitative estimate of drug-likeness (QED) is 0.774. The maximum Gasteiger partial charge on any atom is 0.251 e. The van der Waals surface area contributed by atoms with Crippen molar-refractivity contribution in [1.82, 2.24) is 20.3 Å². The van der Waals surface area contributed by atoms with E-state index in [-0.39, 0.29) is 0 Å². The lowest BCUT2D eigenvalue weighted by atomic mass is 10.3. The molecule has 0 radical (unpaired) electrons. The maximum atomic E-state index is 5.19. The molecule has 0 amide bonds. The van der Waals surface area contributed by atoms with Crippen LogP contribution in [0.1, 0.15) is 12.1 Å². The molecule has 0 aromatic carbocycles. The number of hydrogen-bond donors (Lipinski definition) is 2. The van der Waals surface area contributed by atoms with Crippen molar-refractivity contribution in [1.29, 1.82) is 0 Å². The summed E-state index contributed by atoms with van der Waals surface area (Å²) in [5.74, 6) is 0.621. The van der Waals surface area contributed by atoms with Gasteiger partial charge in [0.15, 0.2) is 11.9 Å². The van der Waals surface area contributed by atoms with Crippen LogP contribution in [0.3, 0.4) is 0 Å². The summed E-state index contributed by atoms with van der Waals surface area (Å²) in [6.45, 7) is 3.91. The molecule has 1 fully saturated rings. The van der Waals surface area contributed by atoms with Gasteiger partial charge < -0.3 is 15.1 Å². The van der Waals surface area contributed by atoms with Crippen molar-refractivity contribution in [2.45, 2.75) is 19.4 Å². The Hall–Kier alpha value is -1.69. The van der Waals surface area contributed by atoms with Crippen LogP contribution >= 0.6 is 0 Å². The second kappa shape index (κ2) is 3.71. The van der Waals surface area contributed by atoms with Crippen molar-refractivity contribution < 1.29 is 4.42 Å². The second-order valence-electron chi connectivity index (χ2n) is 3.97. The van der Waals surface area contributed by atoms with Crippen molar-refractivity contribution in [3.05, 3.63) is 12.1 Å². The normalized spacial score (nSPS) is 20.4. The van der Waals surface area contributed by atoms with Crippen molar-refractivity contribution >= 4 is 17.2 Å². The van der Waals surface area contributed by atoms with Crippen LogP contribution in [0.15, 0.2) is 10.8 Å². The van der Waals surface area contributed by atoms with E-state index < -0.39 is 0 Å². The van der Waals surface area contributed by atoms with Gasteiger partial charge in [0, 0.05) is 12.6 Å². The fourth-order valence-corrected chi connectivity index (χ4v) is 1.93. The third-order valence-electron chi connectivity index (χ3n) is 2.77. The Kier molecular flexibility index (Phi) is 2.21. The monoisotopic (exact) mass is 219 g/mol. The molecule has 1 unspecified atom stereocenters. The lowest BCUT2D eigenvalue weighted by Crippen LogP contribution is -2.23. The third kappa shape index (κ3) is 1.61. The summed E-state index contributed by atoms with van der Waals surface area (Å²) in [4.78, 5) is 12.7. The largest absolute Gasteiger partial charge is 0.425 e. The number of anilines is 1. The van der Waals surface area contributed by atoms with Gasteiger partial charge in [0.05, 0.1) is 5.69 Å². The Balaban J connectivity index is 1.91. The van der Waals surface area contributed by atoms with Crippen LogP contribution in [0.25, 0.3) is 11.2 Å². The molecule has 16 heavy (non-hydrogen) atoms. The molecule has 2 N–H and O–H groups in total. The first kappa shape index (κ1) is 9.53. The zero-order chi connectivity index (χ0) is 11.0. The highest BCUT2D eigenvalue weighted by molar-refractivity contribution is 5.71. The lowest BCUT2D eigenvalue weighted by Gasteiger charge is -2.10. The number of nitrogens with one attached hydrogen (secondary N) is 2. The molecule has 2 aromatic heterocycles. The van der Waals surface area contributed by atoms with E-state index in [9.17, 15) is 0 Å². The summed E-state index contributed by atoms with van der Waals surface area (Å²) >= 11 is 0. The summed E-state index contributed by atoms with van der Waals surface area (Å²) in [6.07, 6.45) is 2.49. The molecule has 1 aliphatic rings. The van der Waals surface area contributed by atoms with Gasteiger partial charge in [-0.05, 0) is 19.9 Å². The van der Waals surface area contributed by atoms with Gasteiger partial charge in [0.2, 0.25) is 5.95 Å². The Labute approximate surface area is 92.5 Å². The van der Waals surface area contributed by atoms with Crippen LogP contribution in [-0.4, -0.2) is 34.1 Å². The highest BCUT2D eigenvalue weighted by Crippen LogP contribution is 2.16. The summed E-state index contributed by atoms with van der Waals surface area (Å²) < 4.78 is 5.19. The van der Waals surface area contributed by atoms with Gasteiger partial charge in [0.1, 0.15) is 0 Å². The fraction of sp³-hybridized carbons (Fsp3) is 0.500. The summed E-state index contributed by atoms with van der Waals surface area (Å²) in [5, 5.41) is 6.58. The molecular weight excluding hydrogens is 206 g/mol. The molecule has 1 aliphatic heterocycles. The topological polar surface area (TPSA) is 75.9 Å². The van der Waals surface area contributed by atoms with Gasteiger partial charge in [-0.2, -0.15) is 4.98 Å². The Bertz CT molecular complexity index is 503. The van der Waals surface area contributed by atoms with E-state index in [0.29, 0.717) is 17.7 Å². The average molecular weight is 219 g/mol. The minimum Gasteiger partial charge on any atom is -0.425 e. The number of fused-ring (bicyclic) bond motifs is 1. The molecule has 1 atom stereocenters. The van der Waals surface area contributed by atoms with Gasteiger partial charge in [-0.1, -0.05) is 0 Å². The van der Waals surface area contributed by atoms with Gasteiger partial charge in [0.25, 0.3) is 5.71 Å². The van der Waals surface area contributed by atoms with Crippen molar-refractivity contribution in [3.63, 3.8) is 0 Å². The summed E-state index contributed by atoms with van der Waals surface area (Å²) in [7, 11) is 0. The molecule has 2 aromatic rings. The number of rotatable bonds is 2. The van der Waals surface area contributed by atoms with Crippen LogP contribution in [-0.2, 0) is 0 Å². The summed E-state index contributed by atoms with van der Waals surface area (Å²) in [6, 6.07) is 0.403. The number of aryl methyl sites for hydroxylation is 1. The van der Waals surface area contributed by atoms with Crippen LogP contribution in [0, 0.1) is 6.92 Å². The van der Waals surface area contributed by atoms with Crippen molar-refractivity contribution in [2.75, 3.05) is 18.4 Å². The highest BCUT2D eigenvalue weighted by Gasteiger charge is 2.16. The zero-order valence-corrected chi connectivity index (χ0v) is 9.03. The van der Waals surface area contributed by atoms with Gasteiger partial charge in [-0.25, -0.2) is 9.97 Å². The van der Waals surface area contributed by atoms with E-state index in [1.807, 2.05) is 6.92 Å².